The molecule has 0 fully saturated rings. The van der Waals surface area contributed by atoms with Crippen LogP contribution < -0.4 is 5.32 Å². The molecule has 0 saturated carbocycles. The first kappa shape index (κ1) is 10.3. The number of fused-ring (bicyclic) bond motifs is 1. The second-order valence-corrected chi connectivity index (χ2v) is 4.46. The highest BCUT2D eigenvalue weighted by Crippen LogP contribution is 2.35. The third-order valence-corrected chi connectivity index (χ3v) is 3.41. The van der Waals surface area contributed by atoms with Crippen molar-refractivity contribution in [2.24, 2.45) is 0 Å². The summed E-state index contributed by atoms with van der Waals surface area (Å²) in [5.74, 6) is 0. The summed E-state index contributed by atoms with van der Waals surface area (Å²) in [7, 11) is 0. The van der Waals surface area contributed by atoms with Crippen molar-refractivity contribution in [1.29, 1.82) is 0 Å². The van der Waals surface area contributed by atoms with Gasteiger partial charge in [0.15, 0.2) is 0 Å². The maximum Gasteiger partial charge on any atom is 0.0726 e. The highest BCUT2D eigenvalue weighted by molar-refractivity contribution is 5.63. The van der Waals surface area contributed by atoms with Crippen molar-refractivity contribution in [3.63, 3.8) is 0 Å². The summed E-state index contributed by atoms with van der Waals surface area (Å²) in [6.45, 7) is 2.20. The highest BCUT2D eigenvalue weighted by atomic mass is 15.0. The fourth-order valence-corrected chi connectivity index (χ4v) is 2.51. The van der Waals surface area contributed by atoms with Gasteiger partial charge in [-0.1, -0.05) is 31.2 Å². The van der Waals surface area contributed by atoms with Crippen molar-refractivity contribution in [3.05, 3.63) is 59.4 Å². The quantitative estimate of drug-likeness (QED) is 0.846. The van der Waals surface area contributed by atoms with Gasteiger partial charge in [0, 0.05) is 18.3 Å². The molecule has 17 heavy (non-hydrogen) atoms. The van der Waals surface area contributed by atoms with Gasteiger partial charge in [-0.15, -0.1) is 0 Å². The maximum atomic E-state index is 4.44. The first-order valence-electron chi connectivity index (χ1n) is 6.16. The van der Waals surface area contributed by atoms with Crippen LogP contribution in [-0.2, 0) is 12.8 Å². The highest BCUT2D eigenvalue weighted by Gasteiger charge is 2.24. The van der Waals surface area contributed by atoms with E-state index in [0.717, 1.165) is 18.5 Å². The van der Waals surface area contributed by atoms with E-state index in [1.54, 1.807) is 0 Å². The Labute approximate surface area is 102 Å². The number of aromatic nitrogens is 1. The molecule has 0 saturated heterocycles. The van der Waals surface area contributed by atoms with Crippen LogP contribution in [0.4, 0.5) is 5.69 Å². The zero-order valence-corrected chi connectivity index (χ0v) is 9.98. The van der Waals surface area contributed by atoms with Crippen LogP contribution in [0.2, 0.25) is 0 Å². The van der Waals surface area contributed by atoms with Crippen LogP contribution in [0.1, 0.15) is 29.8 Å². The SMILES string of the molecule is CCc1cccc2c1NC(c1ccccn1)C2. The normalized spacial score (nSPS) is 17.6. The molecule has 1 unspecified atom stereocenters. The third kappa shape index (κ3) is 1.80. The molecular weight excluding hydrogens is 208 g/mol. The van der Waals surface area contributed by atoms with Crippen LogP contribution in [0.3, 0.4) is 0 Å². The van der Waals surface area contributed by atoms with Gasteiger partial charge in [-0.3, -0.25) is 4.98 Å². The maximum absolute atomic E-state index is 4.44. The summed E-state index contributed by atoms with van der Waals surface area (Å²) in [4.78, 5) is 4.44. The number of anilines is 1. The molecule has 1 aliphatic rings. The first-order valence-corrected chi connectivity index (χ1v) is 6.16. The number of hydrogen-bond donors (Lipinski definition) is 1. The summed E-state index contributed by atoms with van der Waals surface area (Å²) < 4.78 is 0. The number of pyridine rings is 1. The zero-order chi connectivity index (χ0) is 11.7. The van der Waals surface area contributed by atoms with E-state index in [2.05, 4.69) is 41.5 Å². The van der Waals surface area contributed by atoms with Crippen LogP contribution in [0.5, 0.6) is 0 Å². The van der Waals surface area contributed by atoms with Crippen molar-refractivity contribution in [2.45, 2.75) is 25.8 Å². The van der Waals surface area contributed by atoms with Crippen LogP contribution in [-0.4, -0.2) is 4.98 Å². The van der Waals surface area contributed by atoms with Crippen molar-refractivity contribution in [3.8, 4) is 0 Å². The predicted molar refractivity (Wildman–Crippen MR) is 70.1 cm³/mol. The van der Waals surface area contributed by atoms with E-state index in [-0.39, 0.29) is 0 Å². The Morgan fingerprint density at radius 3 is 2.94 bits per heavy atom. The lowest BCUT2D eigenvalue weighted by Crippen LogP contribution is -2.07. The lowest BCUT2D eigenvalue weighted by atomic mass is 10.0. The molecule has 1 N–H and O–H groups in total. The van der Waals surface area contributed by atoms with E-state index < -0.39 is 0 Å². The molecule has 0 radical (unpaired) electrons. The average Bonchev–Trinajstić information content (AvgIpc) is 2.83. The fourth-order valence-electron chi connectivity index (χ4n) is 2.51. The van der Waals surface area contributed by atoms with E-state index in [1.807, 2.05) is 18.3 Å². The van der Waals surface area contributed by atoms with Gasteiger partial charge in [-0.25, -0.2) is 0 Å². The molecule has 1 atom stereocenters. The Hall–Kier alpha value is -1.83. The molecule has 3 rings (SSSR count). The summed E-state index contributed by atoms with van der Waals surface area (Å²) in [5, 5.41) is 3.61. The minimum Gasteiger partial charge on any atom is -0.376 e. The molecule has 0 amide bonds. The second kappa shape index (κ2) is 4.21. The van der Waals surface area contributed by atoms with Gasteiger partial charge in [0.2, 0.25) is 0 Å². The molecule has 1 aromatic heterocycles. The zero-order valence-electron chi connectivity index (χ0n) is 9.98. The molecule has 86 valence electrons. The summed E-state index contributed by atoms with van der Waals surface area (Å²) in [6, 6.07) is 13.0. The molecule has 0 aliphatic carbocycles. The number of hydrogen-bond acceptors (Lipinski definition) is 2. The van der Waals surface area contributed by atoms with Gasteiger partial charge in [0.05, 0.1) is 11.7 Å². The summed E-state index contributed by atoms with van der Waals surface area (Å²) >= 11 is 0. The Kier molecular flexibility index (Phi) is 2.56. The Balaban J connectivity index is 1.93. The van der Waals surface area contributed by atoms with Gasteiger partial charge in [-0.2, -0.15) is 0 Å². The molecule has 1 aliphatic heterocycles. The van der Waals surface area contributed by atoms with Crippen LogP contribution in [0.15, 0.2) is 42.6 Å². The minimum absolute atomic E-state index is 0.332. The van der Waals surface area contributed by atoms with Crippen molar-refractivity contribution in [2.75, 3.05) is 5.32 Å². The summed E-state index contributed by atoms with van der Waals surface area (Å²) in [5.41, 5.74) is 5.28. The third-order valence-electron chi connectivity index (χ3n) is 3.41. The largest absolute Gasteiger partial charge is 0.376 e. The number of nitrogens with zero attached hydrogens (tertiary/aromatic N) is 1. The average molecular weight is 224 g/mol. The Bertz CT molecular complexity index is 520. The number of nitrogens with one attached hydrogen (secondary N) is 1. The number of para-hydroxylation sites is 1. The van der Waals surface area contributed by atoms with Crippen LogP contribution in [0, 0.1) is 0 Å². The van der Waals surface area contributed by atoms with E-state index in [1.165, 1.54) is 16.8 Å². The first-order chi connectivity index (χ1) is 8.38. The minimum atomic E-state index is 0.332. The number of aryl methyl sites for hydroxylation is 1. The van der Waals surface area contributed by atoms with E-state index in [9.17, 15) is 0 Å². The lowest BCUT2D eigenvalue weighted by Gasteiger charge is -2.11. The van der Waals surface area contributed by atoms with Crippen LogP contribution in [0.25, 0.3) is 0 Å². The van der Waals surface area contributed by atoms with Crippen molar-refractivity contribution in [1.82, 2.24) is 4.98 Å². The molecule has 2 heterocycles. The lowest BCUT2D eigenvalue weighted by molar-refractivity contribution is 0.788. The molecular formula is C15H16N2. The van der Waals surface area contributed by atoms with Gasteiger partial charge in [0.1, 0.15) is 0 Å². The summed E-state index contributed by atoms with van der Waals surface area (Å²) in [6.07, 6.45) is 3.98. The number of rotatable bonds is 2. The molecule has 0 spiro atoms. The van der Waals surface area contributed by atoms with Gasteiger partial charge in [0.25, 0.3) is 0 Å². The van der Waals surface area contributed by atoms with E-state index >= 15 is 0 Å². The molecule has 1 aromatic carbocycles. The predicted octanol–water partition coefficient (Wildman–Crippen LogP) is 3.35. The molecule has 0 bridgehead atoms. The molecule has 2 heteroatoms. The monoisotopic (exact) mass is 224 g/mol. The fraction of sp³-hybridized carbons (Fsp3) is 0.267. The van der Waals surface area contributed by atoms with E-state index in [4.69, 9.17) is 0 Å². The van der Waals surface area contributed by atoms with Crippen molar-refractivity contribution >= 4 is 5.69 Å². The van der Waals surface area contributed by atoms with Crippen molar-refractivity contribution < 1.29 is 0 Å². The van der Waals surface area contributed by atoms with Gasteiger partial charge >= 0.3 is 0 Å². The Morgan fingerprint density at radius 1 is 1.24 bits per heavy atom. The van der Waals surface area contributed by atoms with Gasteiger partial charge in [-0.05, 0) is 29.7 Å². The van der Waals surface area contributed by atoms with Crippen LogP contribution >= 0.6 is 0 Å². The second-order valence-electron chi connectivity index (χ2n) is 4.46. The van der Waals surface area contributed by atoms with Gasteiger partial charge < -0.3 is 5.32 Å². The van der Waals surface area contributed by atoms with E-state index in [0.29, 0.717) is 6.04 Å². The Morgan fingerprint density at radius 2 is 2.18 bits per heavy atom. The molecule has 2 nitrogen and oxygen atoms in total. The topological polar surface area (TPSA) is 24.9 Å². The molecule has 2 aromatic rings. The standard InChI is InChI=1S/C15H16N2/c1-2-11-6-5-7-12-10-14(17-15(11)12)13-8-3-4-9-16-13/h3-9,14,17H,2,10H2,1H3. The smallest absolute Gasteiger partial charge is 0.0726 e. The number of benzene rings is 1.